The Bertz CT molecular complexity index is 775. The van der Waals surface area contributed by atoms with Gasteiger partial charge in [-0.25, -0.2) is 0 Å². The maximum Gasteiger partial charge on any atom is 0.170 e. The maximum atomic E-state index is 12.2. The summed E-state index contributed by atoms with van der Waals surface area (Å²) < 4.78 is 5.87. The molecule has 3 nitrogen and oxygen atoms in total. The topological polar surface area (TPSA) is 43.4 Å². The second kappa shape index (κ2) is 14.6. The Balaban J connectivity index is 1.73. The van der Waals surface area contributed by atoms with Crippen LogP contribution in [0.1, 0.15) is 94.8 Å². The van der Waals surface area contributed by atoms with Gasteiger partial charge in [-0.15, -0.1) is 0 Å². The van der Waals surface area contributed by atoms with E-state index in [0.717, 1.165) is 36.3 Å². The number of Topliss-reactive ketones (excluding diaryl/α,β-unsaturated/α-hetero) is 2. The van der Waals surface area contributed by atoms with E-state index in [0.29, 0.717) is 12.0 Å². The van der Waals surface area contributed by atoms with Crippen molar-refractivity contribution in [3.05, 3.63) is 54.1 Å². The summed E-state index contributed by atoms with van der Waals surface area (Å²) in [6.45, 7) is 4.97. The van der Waals surface area contributed by atoms with Crippen LogP contribution in [0.2, 0.25) is 0 Å². The second-order valence-corrected chi connectivity index (χ2v) is 8.31. The summed E-state index contributed by atoms with van der Waals surface area (Å²) in [5.74, 6) is 0.807. The molecule has 0 atom stereocenters. The SMILES string of the molecule is CCCCCCCCCCOc1ccc(-c2ccc(C(=O)CC(=O)CCC)cc2)cc1. The number of rotatable bonds is 16. The number of hydrogen-bond donors (Lipinski definition) is 0. The zero-order valence-electron chi connectivity index (χ0n) is 19.3. The maximum absolute atomic E-state index is 12.2. The molecule has 2 aromatic carbocycles. The van der Waals surface area contributed by atoms with Gasteiger partial charge in [0.15, 0.2) is 5.78 Å². The molecule has 0 fully saturated rings. The predicted octanol–water partition coefficient (Wildman–Crippen LogP) is 7.82. The van der Waals surface area contributed by atoms with E-state index >= 15 is 0 Å². The molecule has 0 spiro atoms. The Kier molecular flexibility index (Phi) is 11.7. The summed E-state index contributed by atoms with van der Waals surface area (Å²) in [6.07, 6.45) is 11.6. The van der Waals surface area contributed by atoms with E-state index in [-0.39, 0.29) is 18.0 Å². The molecular weight excluding hydrogens is 384 g/mol. The van der Waals surface area contributed by atoms with E-state index in [2.05, 4.69) is 6.92 Å². The second-order valence-electron chi connectivity index (χ2n) is 8.31. The van der Waals surface area contributed by atoms with Gasteiger partial charge in [-0.1, -0.05) is 95.2 Å². The minimum absolute atomic E-state index is 0.00191. The van der Waals surface area contributed by atoms with E-state index < -0.39 is 0 Å². The number of unbranched alkanes of at least 4 members (excludes halogenated alkanes) is 7. The Labute approximate surface area is 188 Å². The van der Waals surface area contributed by atoms with E-state index in [1.165, 1.54) is 44.9 Å². The minimum atomic E-state index is -0.102. The molecule has 31 heavy (non-hydrogen) atoms. The largest absolute Gasteiger partial charge is 0.494 e. The van der Waals surface area contributed by atoms with Gasteiger partial charge in [-0.2, -0.15) is 0 Å². The number of carbonyl (C=O) groups is 2. The van der Waals surface area contributed by atoms with Gasteiger partial charge in [0.05, 0.1) is 13.0 Å². The first-order valence-electron chi connectivity index (χ1n) is 12.0. The molecular formula is C28H38O3. The number of hydrogen-bond acceptors (Lipinski definition) is 3. The molecule has 3 heteroatoms. The summed E-state index contributed by atoms with van der Waals surface area (Å²) in [5.41, 5.74) is 2.73. The Morgan fingerprint density at radius 2 is 1.23 bits per heavy atom. The number of ketones is 2. The summed E-state index contributed by atoms with van der Waals surface area (Å²) >= 11 is 0. The van der Waals surface area contributed by atoms with Crippen LogP contribution in [0.3, 0.4) is 0 Å². The van der Waals surface area contributed by atoms with Crippen LogP contribution in [-0.2, 0) is 4.79 Å². The third kappa shape index (κ3) is 9.50. The molecule has 0 bridgehead atoms. The fraction of sp³-hybridized carbons (Fsp3) is 0.500. The van der Waals surface area contributed by atoms with Crippen molar-refractivity contribution >= 4 is 11.6 Å². The Morgan fingerprint density at radius 3 is 1.81 bits per heavy atom. The third-order valence-electron chi connectivity index (χ3n) is 5.55. The van der Waals surface area contributed by atoms with Crippen LogP contribution < -0.4 is 4.74 Å². The van der Waals surface area contributed by atoms with E-state index in [4.69, 9.17) is 4.74 Å². The van der Waals surface area contributed by atoms with Crippen molar-refractivity contribution in [3.63, 3.8) is 0 Å². The van der Waals surface area contributed by atoms with Gasteiger partial charge >= 0.3 is 0 Å². The van der Waals surface area contributed by atoms with Crippen LogP contribution in [0.25, 0.3) is 11.1 Å². The lowest BCUT2D eigenvalue weighted by atomic mass is 10.00. The van der Waals surface area contributed by atoms with Crippen molar-refractivity contribution in [2.24, 2.45) is 0 Å². The fourth-order valence-corrected chi connectivity index (χ4v) is 3.67. The highest BCUT2D eigenvalue weighted by atomic mass is 16.5. The molecule has 0 unspecified atom stereocenters. The van der Waals surface area contributed by atoms with E-state index in [1.807, 2.05) is 55.5 Å². The number of benzene rings is 2. The number of carbonyl (C=O) groups excluding carboxylic acids is 2. The third-order valence-corrected chi connectivity index (χ3v) is 5.55. The lowest BCUT2D eigenvalue weighted by molar-refractivity contribution is -0.118. The molecule has 0 heterocycles. The quantitative estimate of drug-likeness (QED) is 0.157. The normalized spacial score (nSPS) is 10.8. The smallest absolute Gasteiger partial charge is 0.170 e. The monoisotopic (exact) mass is 422 g/mol. The fourth-order valence-electron chi connectivity index (χ4n) is 3.67. The van der Waals surface area contributed by atoms with Crippen molar-refractivity contribution in [3.8, 4) is 16.9 Å². The molecule has 0 N–H and O–H groups in total. The molecule has 0 radical (unpaired) electrons. The van der Waals surface area contributed by atoms with Gasteiger partial charge in [-0.05, 0) is 36.1 Å². The van der Waals surface area contributed by atoms with E-state index in [9.17, 15) is 9.59 Å². The highest BCUT2D eigenvalue weighted by Gasteiger charge is 2.11. The average molecular weight is 423 g/mol. The predicted molar refractivity (Wildman–Crippen MR) is 129 cm³/mol. The van der Waals surface area contributed by atoms with Crippen LogP contribution in [-0.4, -0.2) is 18.2 Å². The first-order chi connectivity index (χ1) is 15.1. The molecule has 0 amide bonds. The Morgan fingerprint density at radius 1 is 0.677 bits per heavy atom. The van der Waals surface area contributed by atoms with Gasteiger partial charge in [0.1, 0.15) is 11.5 Å². The Hall–Kier alpha value is -2.42. The van der Waals surface area contributed by atoms with Crippen LogP contribution >= 0.6 is 0 Å². The minimum Gasteiger partial charge on any atom is -0.494 e. The summed E-state index contributed by atoms with van der Waals surface area (Å²) in [5, 5.41) is 0. The summed E-state index contributed by atoms with van der Waals surface area (Å²) in [6, 6.07) is 15.6. The van der Waals surface area contributed by atoms with Crippen molar-refractivity contribution in [2.45, 2.75) is 84.5 Å². The number of ether oxygens (including phenoxy) is 1. The van der Waals surface area contributed by atoms with Crippen LogP contribution in [0.15, 0.2) is 48.5 Å². The van der Waals surface area contributed by atoms with Gasteiger partial charge in [0.25, 0.3) is 0 Å². The van der Waals surface area contributed by atoms with Crippen molar-refractivity contribution in [2.75, 3.05) is 6.61 Å². The van der Waals surface area contributed by atoms with Gasteiger partial charge in [0.2, 0.25) is 0 Å². The molecule has 0 saturated carbocycles. The molecule has 0 aliphatic carbocycles. The molecule has 0 aliphatic heterocycles. The molecule has 2 rings (SSSR count). The highest BCUT2D eigenvalue weighted by Crippen LogP contribution is 2.23. The average Bonchev–Trinajstić information content (AvgIpc) is 2.78. The molecule has 0 aliphatic rings. The van der Waals surface area contributed by atoms with Gasteiger partial charge in [0, 0.05) is 12.0 Å². The van der Waals surface area contributed by atoms with Crippen LogP contribution in [0.5, 0.6) is 5.75 Å². The van der Waals surface area contributed by atoms with Crippen LogP contribution in [0, 0.1) is 0 Å². The lowest BCUT2D eigenvalue weighted by Gasteiger charge is -2.08. The highest BCUT2D eigenvalue weighted by molar-refractivity contribution is 6.08. The first-order valence-corrected chi connectivity index (χ1v) is 12.0. The first kappa shape index (κ1) is 24.8. The molecule has 0 saturated heterocycles. The standard InChI is InChI=1S/C28H38O3/c1-3-5-6-7-8-9-10-11-21-31-27-19-17-24(18-20-27)23-13-15-25(16-14-23)28(30)22-26(29)12-4-2/h13-20H,3-12,21-22H2,1-2H3. The summed E-state index contributed by atoms with van der Waals surface area (Å²) in [4.78, 5) is 23.9. The zero-order valence-corrected chi connectivity index (χ0v) is 19.3. The van der Waals surface area contributed by atoms with E-state index in [1.54, 1.807) is 0 Å². The molecule has 0 aromatic heterocycles. The molecule has 168 valence electrons. The van der Waals surface area contributed by atoms with Crippen LogP contribution in [0.4, 0.5) is 0 Å². The lowest BCUT2D eigenvalue weighted by Crippen LogP contribution is -2.07. The zero-order chi connectivity index (χ0) is 22.3. The van der Waals surface area contributed by atoms with Crippen molar-refractivity contribution in [1.82, 2.24) is 0 Å². The van der Waals surface area contributed by atoms with Gasteiger partial charge in [-0.3, -0.25) is 9.59 Å². The van der Waals surface area contributed by atoms with Crippen molar-refractivity contribution < 1.29 is 14.3 Å². The van der Waals surface area contributed by atoms with Crippen molar-refractivity contribution in [1.29, 1.82) is 0 Å². The summed E-state index contributed by atoms with van der Waals surface area (Å²) in [7, 11) is 0. The molecule has 2 aromatic rings. The van der Waals surface area contributed by atoms with Gasteiger partial charge < -0.3 is 4.74 Å².